The zero-order chi connectivity index (χ0) is 6.95. The van der Waals surface area contributed by atoms with Gasteiger partial charge >= 0.3 is 0 Å². The molecule has 0 atom stereocenters. The minimum atomic E-state index is 0.507. The van der Waals surface area contributed by atoms with Gasteiger partial charge in [0.2, 0.25) is 0 Å². The standard InChI is InChI=1S/C5H12O3S/c1-3-5-9-8-7-6-4-2/h3-5H2,1-2H3. The third-order valence-electron chi connectivity index (χ3n) is 0.529. The van der Waals surface area contributed by atoms with Crippen molar-refractivity contribution in [3.63, 3.8) is 0 Å². The summed E-state index contributed by atoms with van der Waals surface area (Å²) in [5.41, 5.74) is 0. The quantitative estimate of drug-likeness (QED) is 0.251. The highest BCUT2D eigenvalue weighted by molar-refractivity contribution is 7.94. The largest absolute Gasteiger partial charge is 0.206 e. The van der Waals surface area contributed by atoms with Crippen molar-refractivity contribution >= 4 is 12.0 Å². The fourth-order valence-electron chi connectivity index (χ4n) is 0.205. The van der Waals surface area contributed by atoms with E-state index in [1.807, 2.05) is 6.92 Å². The smallest absolute Gasteiger partial charge is 0.0826 e. The molecule has 3 nitrogen and oxygen atoms in total. The lowest BCUT2D eigenvalue weighted by Crippen LogP contribution is -1.90. The van der Waals surface area contributed by atoms with Crippen LogP contribution in [0.4, 0.5) is 0 Å². The van der Waals surface area contributed by atoms with Crippen molar-refractivity contribution in [2.24, 2.45) is 0 Å². The first-order valence-corrected chi connectivity index (χ1v) is 3.90. The normalized spacial score (nSPS) is 10.0. The van der Waals surface area contributed by atoms with Gasteiger partial charge in [-0.25, -0.2) is 4.89 Å². The van der Waals surface area contributed by atoms with Crippen LogP contribution in [0.3, 0.4) is 0 Å². The van der Waals surface area contributed by atoms with E-state index >= 15 is 0 Å². The summed E-state index contributed by atoms with van der Waals surface area (Å²) in [6, 6.07) is 0. The summed E-state index contributed by atoms with van der Waals surface area (Å²) in [4.78, 5) is 4.44. The third kappa shape index (κ3) is 8.23. The minimum Gasteiger partial charge on any atom is -0.206 e. The molecule has 0 amide bonds. The Balaban J connectivity index is 2.60. The fraction of sp³-hybridized carbons (Fsp3) is 1.00. The SMILES string of the molecule is CCCSOOOCC. The van der Waals surface area contributed by atoms with E-state index in [9.17, 15) is 0 Å². The van der Waals surface area contributed by atoms with Gasteiger partial charge in [0.25, 0.3) is 0 Å². The van der Waals surface area contributed by atoms with Gasteiger partial charge < -0.3 is 0 Å². The molecule has 0 aromatic heterocycles. The lowest BCUT2D eigenvalue weighted by Gasteiger charge is -1.96. The predicted molar refractivity (Wildman–Crippen MR) is 36.5 cm³/mol. The van der Waals surface area contributed by atoms with Gasteiger partial charge in [0.1, 0.15) is 0 Å². The highest BCUT2D eigenvalue weighted by atomic mass is 32.2. The van der Waals surface area contributed by atoms with Crippen molar-refractivity contribution in [3.8, 4) is 0 Å². The lowest BCUT2D eigenvalue weighted by molar-refractivity contribution is -0.458. The van der Waals surface area contributed by atoms with Crippen molar-refractivity contribution in [3.05, 3.63) is 0 Å². The molecule has 0 N–H and O–H groups in total. The summed E-state index contributed by atoms with van der Waals surface area (Å²) >= 11 is 1.25. The van der Waals surface area contributed by atoms with Gasteiger partial charge in [-0.1, -0.05) is 12.0 Å². The Kier molecular flexibility index (Phi) is 8.44. The van der Waals surface area contributed by atoms with E-state index in [2.05, 4.69) is 21.2 Å². The Bertz CT molecular complexity index is 45.5. The minimum absolute atomic E-state index is 0.507. The van der Waals surface area contributed by atoms with Crippen LogP contribution in [-0.2, 0) is 14.3 Å². The van der Waals surface area contributed by atoms with Gasteiger partial charge in [-0.15, -0.1) is 4.33 Å². The van der Waals surface area contributed by atoms with Crippen LogP contribution in [0.5, 0.6) is 0 Å². The molecule has 0 saturated carbocycles. The molecular weight excluding hydrogens is 140 g/mol. The van der Waals surface area contributed by atoms with Crippen molar-refractivity contribution in [1.82, 2.24) is 0 Å². The van der Waals surface area contributed by atoms with E-state index in [0.29, 0.717) is 6.61 Å². The summed E-state index contributed by atoms with van der Waals surface area (Å²) < 4.78 is 4.51. The first-order valence-electron chi connectivity index (χ1n) is 2.99. The van der Waals surface area contributed by atoms with E-state index in [4.69, 9.17) is 0 Å². The molecule has 0 fully saturated rings. The Labute approximate surface area is 59.7 Å². The Morgan fingerprint density at radius 1 is 1.33 bits per heavy atom. The molecule has 0 aliphatic heterocycles. The van der Waals surface area contributed by atoms with Crippen molar-refractivity contribution in [1.29, 1.82) is 0 Å². The molecule has 0 spiro atoms. The molecule has 0 unspecified atom stereocenters. The van der Waals surface area contributed by atoms with E-state index in [1.54, 1.807) is 0 Å². The van der Waals surface area contributed by atoms with Crippen LogP contribution in [0, 0.1) is 0 Å². The molecular formula is C5H12O3S. The fourth-order valence-corrected chi connectivity index (χ4v) is 0.518. The Morgan fingerprint density at radius 3 is 2.67 bits per heavy atom. The molecule has 0 radical (unpaired) electrons. The second-order valence-corrected chi connectivity index (χ2v) is 2.14. The summed E-state index contributed by atoms with van der Waals surface area (Å²) in [6.45, 7) is 4.40. The Hall–Kier alpha value is 0.230. The molecule has 0 aliphatic rings. The average molecular weight is 152 g/mol. The molecule has 0 rings (SSSR count). The second-order valence-electron chi connectivity index (χ2n) is 1.36. The number of hydrogen-bond donors (Lipinski definition) is 0. The molecule has 4 heteroatoms. The van der Waals surface area contributed by atoms with Crippen molar-refractivity contribution < 1.29 is 14.3 Å². The van der Waals surface area contributed by atoms with Gasteiger partial charge in [0, 0.05) is 17.8 Å². The van der Waals surface area contributed by atoms with E-state index in [1.165, 1.54) is 12.0 Å². The van der Waals surface area contributed by atoms with Crippen LogP contribution in [0.25, 0.3) is 0 Å². The van der Waals surface area contributed by atoms with Gasteiger partial charge in [0.05, 0.1) is 6.61 Å². The molecule has 0 aromatic rings. The van der Waals surface area contributed by atoms with Crippen LogP contribution in [0.1, 0.15) is 20.3 Å². The summed E-state index contributed by atoms with van der Waals surface area (Å²) in [6.07, 6.45) is 1.07. The monoisotopic (exact) mass is 152 g/mol. The van der Waals surface area contributed by atoms with Gasteiger partial charge in [-0.3, -0.25) is 0 Å². The van der Waals surface area contributed by atoms with Gasteiger partial charge in [-0.2, -0.15) is 0 Å². The summed E-state index contributed by atoms with van der Waals surface area (Å²) in [5.74, 6) is 0.924. The summed E-state index contributed by atoms with van der Waals surface area (Å²) in [7, 11) is 0. The molecule has 0 aliphatic carbocycles. The zero-order valence-electron chi connectivity index (χ0n) is 5.75. The van der Waals surface area contributed by atoms with Crippen molar-refractivity contribution in [2.75, 3.05) is 12.4 Å². The molecule has 0 aromatic carbocycles. The van der Waals surface area contributed by atoms with E-state index in [0.717, 1.165) is 12.2 Å². The van der Waals surface area contributed by atoms with E-state index in [-0.39, 0.29) is 0 Å². The first kappa shape index (κ1) is 9.23. The molecule has 9 heavy (non-hydrogen) atoms. The maximum Gasteiger partial charge on any atom is 0.0826 e. The second kappa shape index (κ2) is 8.23. The number of rotatable bonds is 6. The van der Waals surface area contributed by atoms with Crippen LogP contribution in [0.2, 0.25) is 0 Å². The van der Waals surface area contributed by atoms with Gasteiger partial charge in [-0.05, 0) is 13.3 Å². The Morgan fingerprint density at radius 2 is 2.11 bits per heavy atom. The number of hydrogen-bond acceptors (Lipinski definition) is 4. The third-order valence-corrected chi connectivity index (χ3v) is 1.26. The maximum absolute atomic E-state index is 4.51. The molecule has 0 bridgehead atoms. The van der Waals surface area contributed by atoms with Gasteiger partial charge in [0.15, 0.2) is 0 Å². The van der Waals surface area contributed by atoms with Crippen LogP contribution < -0.4 is 0 Å². The first-order chi connectivity index (χ1) is 4.41. The summed E-state index contributed by atoms with van der Waals surface area (Å²) in [5, 5.41) is 4.25. The van der Waals surface area contributed by atoms with Crippen LogP contribution in [0.15, 0.2) is 0 Å². The highest BCUT2D eigenvalue weighted by Gasteiger charge is 1.86. The molecule has 0 heterocycles. The van der Waals surface area contributed by atoms with Crippen LogP contribution in [-0.4, -0.2) is 12.4 Å². The zero-order valence-corrected chi connectivity index (χ0v) is 6.57. The molecule has 56 valence electrons. The lowest BCUT2D eigenvalue weighted by atomic mass is 10.6. The highest BCUT2D eigenvalue weighted by Crippen LogP contribution is 2.03. The average Bonchev–Trinajstić information content (AvgIpc) is 1.89. The van der Waals surface area contributed by atoms with Crippen molar-refractivity contribution in [2.45, 2.75) is 20.3 Å². The maximum atomic E-state index is 4.51. The van der Waals surface area contributed by atoms with Crippen LogP contribution >= 0.6 is 12.0 Å². The predicted octanol–water partition coefficient (Wildman–Crippen LogP) is 1.94. The van der Waals surface area contributed by atoms with E-state index < -0.39 is 0 Å². The molecule has 0 saturated heterocycles. The topological polar surface area (TPSA) is 27.7 Å².